The first-order valence-corrected chi connectivity index (χ1v) is 12.3. The van der Waals surface area contributed by atoms with Crippen LogP contribution in [0.15, 0.2) is 46.5 Å². The second-order valence-electron chi connectivity index (χ2n) is 8.74. The Labute approximate surface area is 195 Å². The first-order valence-electron chi connectivity index (χ1n) is 11.5. The molecule has 0 atom stereocenters. The fraction of sp³-hybridized carbons (Fsp3) is 0.480. The van der Waals surface area contributed by atoms with Crippen molar-refractivity contribution in [1.29, 1.82) is 0 Å². The SMILES string of the molecule is Cc1ccc(C)c(Sc2ncccc2C(=O)N2CCN(CC(=O)N3CCCCC3)CC2)c1. The van der Waals surface area contributed by atoms with Gasteiger partial charge in [0.25, 0.3) is 5.91 Å². The molecule has 0 spiro atoms. The summed E-state index contributed by atoms with van der Waals surface area (Å²) in [6.07, 6.45) is 5.19. The quantitative estimate of drug-likeness (QED) is 0.694. The molecule has 1 aromatic carbocycles. The summed E-state index contributed by atoms with van der Waals surface area (Å²) in [7, 11) is 0. The van der Waals surface area contributed by atoms with Gasteiger partial charge in [0, 0.05) is 50.4 Å². The van der Waals surface area contributed by atoms with Gasteiger partial charge in [0.2, 0.25) is 5.91 Å². The normalized spacial score (nSPS) is 17.4. The molecule has 32 heavy (non-hydrogen) atoms. The van der Waals surface area contributed by atoms with Crippen LogP contribution in [0.3, 0.4) is 0 Å². The highest BCUT2D eigenvalue weighted by Gasteiger charge is 2.27. The van der Waals surface area contributed by atoms with Gasteiger partial charge in [-0.15, -0.1) is 0 Å². The minimum atomic E-state index is 0.0212. The Kier molecular flexibility index (Phi) is 7.48. The molecule has 0 saturated carbocycles. The number of rotatable bonds is 5. The molecule has 0 aliphatic carbocycles. The minimum Gasteiger partial charge on any atom is -0.342 e. The van der Waals surface area contributed by atoms with Crippen LogP contribution in [-0.2, 0) is 4.79 Å². The lowest BCUT2D eigenvalue weighted by Crippen LogP contribution is -2.52. The van der Waals surface area contributed by atoms with Crippen molar-refractivity contribution in [3.8, 4) is 0 Å². The maximum atomic E-state index is 13.3. The van der Waals surface area contributed by atoms with Crippen LogP contribution in [0.25, 0.3) is 0 Å². The van der Waals surface area contributed by atoms with Crippen LogP contribution < -0.4 is 0 Å². The van der Waals surface area contributed by atoms with Crippen molar-refractivity contribution in [2.24, 2.45) is 0 Å². The molecule has 0 N–H and O–H groups in total. The largest absolute Gasteiger partial charge is 0.342 e. The van der Waals surface area contributed by atoms with Crippen molar-refractivity contribution in [3.05, 3.63) is 53.2 Å². The number of benzene rings is 1. The van der Waals surface area contributed by atoms with Crippen molar-refractivity contribution >= 4 is 23.6 Å². The van der Waals surface area contributed by atoms with Crippen molar-refractivity contribution in [1.82, 2.24) is 19.7 Å². The molecule has 3 heterocycles. The zero-order chi connectivity index (χ0) is 22.5. The predicted molar refractivity (Wildman–Crippen MR) is 127 cm³/mol. The number of carbonyl (C=O) groups excluding carboxylic acids is 2. The van der Waals surface area contributed by atoms with E-state index in [1.165, 1.54) is 17.5 Å². The van der Waals surface area contributed by atoms with Crippen LogP contribution in [-0.4, -0.2) is 77.3 Å². The number of hydrogen-bond donors (Lipinski definition) is 0. The molecule has 7 heteroatoms. The highest BCUT2D eigenvalue weighted by Crippen LogP contribution is 2.32. The zero-order valence-corrected chi connectivity index (χ0v) is 19.9. The van der Waals surface area contributed by atoms with E-state index >= 15 is 0 Å². The zero-order valence-electron chi connectivity index (χ0n) is 19.0. The molecule has 2 fully saturated rings. The Hall–Kier alpha value is -2.38. The van der Waals surface area contributed by atoms with E-state index in [0.29, 0.717) is 25.2 Å². The minimum absolute atomic E-state index is 0.0212. The molecule has 0 unspecified atom stereocenters. The molecule has 4 rings (SSSR count). The van der Waals surface area contributed by atoms with Gasteiger partial charge >= 0.3 is 0 Å². The average molecular weight is 453 g/mol. The third kappa shape index (κ3) is 5.51. The first kappa shape index (κ1) is 22.8. The Bertz CT molecular complexity index is 966. The number of aryl methyl sites for hydroxylation is 2. The van der Waals surface area contributed by atoms with E-state index in [-0.39, 0.29) is 11.8 Å². The van der Waals surface area contributed by atoms with Crippen LogP contribution in [0.1, 0.15) is 40.7 Å². The van der Waals surface area contributed by atoms with E-state index in [9.17, 15) is 9.59 Å². The third-order valence-electron chi connectivity index (χ3n) is 6.28. The van der Waals surface area contributed by atoms with E-state index in [1.807, 2.05) is 21.9 Å². The summed E-state index contributed by atoms with van der Waals surface area (Å²) in [5, 5.41) is 0.744. The van der Waals surface area contributed by atoms with E-state index in [2.05, 4.69) is 41.9 Å². The second-order valence-corrected chi connectivity index (χ2v) is 9.77. The van der Waals surface area contributed by atoms with Gasteiger partial charge in [-0.1, -0.05) is 23.9 Å². The molecule has 2 saturated heterocycles. The monoisotopic (exact) mass is 452 g/mol. The number of piperazine rings is 1. The molecule has 0 bridgehead atoms. The number of aromatic nitrogens is 1. The molecule has 2 amide bonds. The van der Waals surface area contributed by atoms with Crippen molar-refractivity contribution in [2.45, 2.75) is 43.0 Å². The number of carbonyl (C=O) groups is 2. The highest BCUT2D eigenvalue weighted by atomic mass is 32.2. The van der Waals surface area contributed by atoms with Gasteiger partial charge in [-0.05, 0) is 62.4 Å². The molecule has 6 nitrogen and oxygen atoms in total. The lowest BCUT2D eigenvalue weighted by atomic mass is 10.1. The van der Waals surface area contributed by atoms with Crippen molar-refractivity contribution in [3.63, 3.8) is 0 Å². The van der Waals surface area contributed by atoms with Crippen LogP contribution in [0.4, 0.5) is 0 Å². The second kappa shape index (κ2) is 10.5. The van der Waals surface area contributed by atoms with E-state index in [1.54, 1.807) is 18.0 Å². The van der Waals surface area contributed by atoms with Gasteiger partial charge in [0.05, 0.1) is 12.1 Å². The standard InChI is InChI=1S/C25H32N4O2S/c1-19-8-9-20(2)22(17-19)32-24-21(7-6-10-26-24)25(31)29-15-13-27(14-16-29)18-23(30)28-11-4-3-5-12-28/h6-10,17H,3-5,11-16,18H2,1-2H3. The number of nitrogens with zero attached hydrogens (tertiary/aromatic N) is 4. The van der Waals surface area contributed by atoms with E-state index < -0.39 is 0 Å². The number of piperidine rings is 1. The summed E-state index contributed by atoms with van der Waals surface area (Å²) in [5.41, 5.74) is 3.02. The van der Waals surface area contributed by atoms with Crippen molar-refractivity contribution in [2.75, 3.05) is 45.8 Å². The molecule has 2 aromatic rings. The molecule has 2 aliphatic rings. The summed E-state index contributed by atoms with van der Waals surface area (Å²) in [6, 6.07) is 10.0. The third-order valence-corrected chi connectivity index (χ3v) is 7.46. The summed E-state index contributed by atoms with van der Waals surface area (Å²) in [6.45, 7) is 9.11. The highest BCUT2D eigenvalue weighted by molar-refractivity contribution is 7.99. The van der Waals surface area contributed by atoms with Gasteiger partial charge in [0.1, 0.15) is 5.03 Å². The van der Waals surface area contributed by atoms with Gasteiger partial charge < -0.3 is 9.80 Å². The molecular weight excluding hydrogens is 420 g/mol. The summed E-state index contributed by atoms with van der Waals surface area (Å²) >= 11 is 1.55. The molecular formula is C25H32N4O2S. The van der Waals surface area contributed by atoms with Gasteiger partial charge in [-0.2, -0.15) is 0 Å². The van der Waals surface area contributed by atoms with Crippen LogP contribution in [0.5, 0.6) is 0 Å². The lowest BCUT2D eigenvalue weighted by molar-refractivity contribution is -0.133. The fourth-order valence-corrected chi connectivity index (χ4v) is 5.33. The summed E-state index contributed by atoms with van der Waals surface area (Å²) in [4.78, 5) is 37.6. The molecule has 0 radical (unpaired) electrons. The molecule has 2 aliphatic heterocycles. The Morgan fingerprint density at radius 3 is 2.44 bits per heavy atom. The molecule has 170 valence electrons. The number of amides is 2. The fourth-order valence-electron chi connectivity index (χ4n) is 4.27. The first-order chi connectivity index (χ1) is 15.5. The van der Waals surface area contributed by atoms with Crippen molar-refractivity contribution < 1.29 is 9.59 Å². The van der Waals surface area contributed by atoms with Crippen LogP contribution in [0, 0.1) is 13.8 Å². The maximum absolute atomic E-state index is 13.3. The van der Waals surface area contributed by atoms with Gasteiger partial charge in [-0.25, -0.2) is 4.98 Å². The van der Waals surface area contributed by atoms with Crippen LogP contribution in [0.2, 0.25) is 0 Å². The Morgan fingerprint density at radius 2 is 1.69 bits per heavy atom. The van der Waals surface area contributed by atoms with Crippen LogP contribution >= 0.6 is 11.8 Å². The smallest absolute Gasteiger partial charge is 0.256 e. The summed E-state index contributed by atoms with van der Waals surface area (Å²) in [5.74, 6) is 0.247. The Morgan fingerprint density at radius 1 is 0.938 bits per heavy atom. The van der Waals surface area contributed by atoms with E-state index in [0.717, 1.165) is 48.9 Å². The average Bonchev–Trinajstić information content (AvgIpc) is 2.82. The molecule has 1 aromatic heterocycles. The topological polar surface area (TPSA) is 56.8 Å². The number of hydrogen-bond acceptors (Lipinski definition) is 5. The predicted octanol–water partition coefficient (Wildman–Crippen LogP) is 3.62. The van der Waals surface area contributed by atoms with E-state index in [4.69, 9.17) is 0 Å². The number of pyridine rings is 1. The maximum Gasteiger partial charge on any atom is 0.256 e. The van der Waals surface area contributed by atoms with Gasteiger partial charge in [0.15, 0.2) is 0 Å². The Balaban J connectivity index is 1.37. The summed E-state index contributed by atoms with van der Waals surface area (Å²) < 4.78 is 0. The number of likely N-dealkylation sites (tertiary alicyclic amines) is 1. The lowest BCUT2D eigenvalue weighted by Gasteiger charge is -2.36. The van der Waals surface area contributed by atoms with Gasteiger partial charge in [-0.3, -0.25) is 14.5 Å².